The second-order valence-corrected chi connectivity index (χ2v) is 7.38. The van der Waals surface area contributed by atoms with Crippen LogP contribution in [0.3, 0.4) is 0 Å². The van der Waals surface area contributed by atoms with Crippen LogP contribution in [0.4, 0.5) is 8.78 Å². The fourth-order valence-electron chi connectivity index (χ4n) is 3.42. The molecule has 0 aliphatic carbocycles. The van der Waals surface area contributed by atoms with Crippen LogP contribution in [0.2, 0.25) is 0 Å². The Morgan fingerprint density at radius 3 is 1.62 bits per heavy atom. The van der Waals surface area contributed by atoms with Crippen LogP contribution < -0.4 is 29.6 Å². The average molecular weight is 465 g/mol. The van der Waals surface area contributed by atoms with Crippen molar-refractivity contribution in [3.63, 3.8) is 0 Å². The van der Waals surface area contributed by atoms with Gasteiger partial charge in [-0.3, -0.25) is 4.79 Å². The second kappa shape index (κ2) is 14.0. The van der Waals surface area contributed by atoms with Gasteiger partial charge in [0.15, 0.2) is 5.78 Å². The number of benzene rings is 4. The smallest absolute Gasteiger partial charge is 1.00 e. The van der Waals surface area contributed by atoms with Gasteiger partial charge in [-0.2, -0.15) is 0 Å². The van der Waals surface area contributed by atoms with Gasteiger partial charge in [-0.15, -0.1) is 0 Å². The van der Waals surface area contributed by atoms with Crippen LogP contribution in [0.25, 0.3) is 22.3 Å². The van der Waals surface area contributed by atoms with Crippen LogP contribution in [-0.4, -0.2) is 19.3 Å². The Bertz CT molecular complexity index is 1200. The van der Waals surface area contributed by atoms with E-state index in [-0.39, 0.29) is 56.8 Å². The molecule has 6 heteroatoms. The molecule has 0 fully saturated rings. The predicted octanol–water partition coefficient (Wildman–Crippen LogP) is 3.98. The number of hydrogen-bond donors (Lipinski definition) is 1. The van der Waals surface area contributed by atoms with Crippen molar-refractivity contribution in [3.05, 3.63) is 120 Å². The minimum absolute atomic E-state index is 0. The molecule has 4 aromatic rings. The molecule has 0 bridgehead atoms. The zero-order valence-electron chi connectivity index (χ0n) is 20.5. The van der Waals surface area contributed by atoms with Gasteiger partial charge in [0.05, 0.1) is 6.10 Å². The summed E-state index contributed by atoms with van der Waals surface area (Å²) in [7, 11) is 0. The summed E-state index contributed by atoms with van der Waals surface area (Å²) in [6.45, 7) is 3.25. The van der Waals surface area contributed by atoms with Crippen molar-refractivity contribution in [2.24, 2.45) is 0 Å². The maximum atomic E-state index is 12.8. The Kier molecular flexibility index (Phi) is 12.1. The quantitative estimate of drug-likeness (QED) is 0.366. The van der Waals surface area contributed by atoms with Crippen LogP contribution >= 0.6 is 0 Å². The number of halogens is 2. The molecule has 4 rings (SSSR count). The molecule has 0 aromatic heterocycles. The molecule has 0 aliphatic heterocycles. The van der Waals surface area contributed by atoms with E-state index in [0.29, 0.717) is 5.56 Å². The van der Waals surface area contributed by atoms with Crippen molar-refractivity contribution < 1.29 is 49.7 Å². The third-order valence-corrected chi connectivity index (χ3v) is 5.03. The van der Waals surface area contributed by atoms with E-state index in [1.807, 2.05) is 42.5 Å². The summed E-state index contributed by atoms with van der Waals surface area (Å²) >= 11 is 0. The second-order valence-electron chi connectivity index (χ2n) is 7.38. The van der Waals surface area contributed by atoms with Gasteiger partial charge in [-0.25, -0.2) is 8.78 Å². The van der Waals surface area contributed by atoms with Crippen LogP contribution in [0.5, 0.6) is 0 Å². The molecular weight excluding hydrogens is 440 g/mol. The van der Waals surface area contributed by atoms with E-state index < -0.39 is 6.10 Å². The van der Waals surface area contributed by atoms with Gasteiger partial charge < -0.3 is 6.53 Å². The largest absolute Gasteiger partial charge is 1.00 e. The maximum absolute atomic E-state index is 12.8. The molecular formula is C28H25BF2NaO2. The molecule has 1 unspecified atom stereocenters. The molecule has 4 aromatic carbocycles. The fraction of sp³-hybridized carbons (Fsp3) is 0.107. The normalized spacial score (nSPS) is 10.6. The van der Waals surface area contributed by atoms with E-state index in [2.05, 4.69) is 0 Å². The van der Waals surface area contributed by atoms with E-state index in [0.717, 1.165) is 27.8 Å². The van der Waals surface area contributed by atoms with Gasteiger partial charge in [0.2, 0.25) is 0 Å². The van der Waals surface area contributed by atoms with Gasteiger partial charge in [0, 0.05) is 14.0 Å². The number of aliphatic hydroxyl groups is 1. The van der Waals surface area contributed by atoms with Gasteiger partial charge >= 0.3 is 29.6 Å². The molecule has 0 saturated carbocycles. The summed E-state index contributed by atoms with van der Waals surface area (Å²) in [5.74, 6) is -0.512. The first-order valence-electron chi connectivity index (χ1n) is 10.3. The molecule has 1 N–H and O–H groups in total. The molecule has 1 atom stereocenters. The Balaban J connectivity index is 0.000000608. The van der Waals surface area contributed by atoms with Crippen molar-refractivity contribution in [3.8, 4) is 22.3 Å². The number of carbonyl (C=O) groups excluding carboxylic acids is 1. The zero-order chi connectivity index (χ0) is 23.1. The maximum Gasteiger partial charge on any atom is 1.00 e. The first kappa shape index (κ1) is 29.5. The minimum Gasteiger partial charge on any atom is -1.00 e. The van der Waals surface area contributed by atoms with Gasteiger partial charge in [-0.1, -0.05) is 72.8 Å². The Hall–Kier alpha value is -2.57. The topological polar surface area (TPSA) is 37.3 Å². The molecule has 167 valence electrons. The molecule has 0 aliphatic rings. The number of carbonyl (C=O) groups is 1. The monoisotopic (exact) mass is 465 g/mol. The molecule has 0 spiro atoms. The summed E-state index contributed by atoms with van der Waals surface area (Å²) in [6.07, 6.45) is -0.527. The van der Waals surface area contributed by atoms with Gasteiger partial charge in [-0.05, 0) is 65.9 Å². The van der Waals surface area contributed by atoms with E-state index >= 15 is 0 Å². The van der Waals surface area contributed by atoms with Crippen molar-refractivity contribution in [1.82, 2.24) is 0 Å². The van der Waals surface area contributed by atoms with Crippen LogP contribution in [0.1, 0.15) is 37.3 Å². The Morgan fingerprint density at radius 1 is 0.735 bits per heavy atom. The fourth-order valence-corrected chi connectivity index (χ4v) is 3.42. The van der Waals surface area contributed by atoms with Crippen LogP contribution in [-0.2, 0) is 0 Å². The van der Waals surface area contributed by atoms with E-state index in [4.69, 9.17) is 0 Å². The first-order valence-corrected chi connectivity index (χ1v) is 10.3. The first-order chi connectivity index (χ1) is 15.4. The number of ketones is 1. The van der Waals surface area contributed by atoms with Crippen molar-refractivity contribution in [1.29, 1.82) is 0 Å². The van der Waals surface area contributed by atoms with Gasteiger partial charge in [0.25, 0.3) is 0 Å². The van der Waals surface area contributed by atoms with Gasteiger partial charge in [0.1, 0.15) is 11.6 Å². The van der Waals surface area contributed by atoms with Crippen molar-refractivity contribution >= 4 is 14.2 Å². The molecule has 0 saturated heterocycles. The average Bonchev–Trinajstić information content (AvgIpc) is 2.80. The summed E-state index contributed by atoms with van der Waals surface area (Å²) in [5.41, 5.74) is 5.07. The minimum atomic E-state index is -0.527. The molecule has 0 amide bonds. The summed E-state index contributed by atoms with van der Waals surface area (Å²) in [4.78, 5) is 11.4. The Labute approximate surface area is 225 Å². The Morgan fingerprint density at radius 2 is 1.15 bits per heavy atom. The number of aliphatic hydroxyl groups excluding tert-OH is 1. The number of Topliss-reactive ketones (excluding diaryl/α,β-unsaturated/α-hetero) is 1. The summed E-state index contributed by atoms with van der Waals surface area (Å²) in [6, 6.07) is 27.4. The zero-order valence-corrected chi connectivity index (χ0v) is 21.5. The van der Waals surface area contributed by atoms with Crippen LogP contribution in [0.15, 0.2) is 97.1 Å². The summed E-state index contributed by atoms with van der Waals surface area (Å²) in [5, 5.41) is 9.65. The van der Waals surface area contributed by atoms with Crippen molar-refractivity contribution in [2.75, 3.05) is 0 Å². The number of hydrogen-bond acceptors (Lipinski definition) is 2. The third kappa shape index (κ3) is 7.74. The molecule has 34 heavy (non-hydrogen) atoms. The molecule has 3 radical (unpaired) electrons. The molecule has 0 heterocycles. The predicted molar refractivity (Wildman–Crippen MR) is 131 cm³/mol. The number of rotatable bonds is 4. The van der Waals surface area contributed by atoms with E-state index in [9.17, 15) is 18.7 Å². The molecule has 2 nitrogen and oxygen atoms in total. The van der Waals surface area contributed by atoms with E-state index in [1.165, 1.54) is 31.2 Å². The standard InChI is InChI=1S/C14H13FO.C14H11FO.B.Na.H/c2*1-10(16)13-4-2-3-5-14(13)11-6-8-12(15)9-7-11;;;/h2-10,16H,1H3;2-9H,1H3;;;/q;;;+1;-1. The van der Waals surface area contributed by atoms with Crippen LogP contribution in [0, 0.1) is 11.6 Å². The van der Waals surface area contributed by atoms with E-state index in [1.54, 1.807) is 37.3 Å². The third-order valence-electron chi connectivity index (χ3n) is 5.03. The summed E-state index contributed by atoms with van der Waals surface area (Å²) < 4.78 is 25.6. The van der Waals surface area contributed by atoms with Crippen molar-refractivity contribution in [2.45, 2.75) is 20.0 Å². The SMILES string of the molecule is CC(=O)c1ccccc1-c1ccc(F)cc1.CC(O)c1ccccc1-c1ccc(F)cc1.[B].[H-].[Na+].